The first kappa shape index (κ1) is 49.3. The molecule has 0 bridgehead atoms. The Hall–Kier alpha value is 2.58. The summed E-state index contributed by atoms with van der Waals surface area (Å²) in [4.78, 5) is 0. The van der Waals surface area contributed by atoms with Crippen molar-refractivity contribution in [1.82, 2.24) is 0 Å². The Balaban J connectivity index is 0. The predicted octanol–water partition coefficient (Wildman–Crippen LogP) is -2.68. The van der Waals surface area contributed by atoms with Gasteiger partial charge in [-0.05, 0) is 11.0 Å². The van der Waals surface area contributed by atoms with Crippen LogP contribution in [-0.2, 0) is 21.7 Å². The molecule has 0 amide bonds. The van der Waals surface area contributed by atoms with Gasteiger partial charge in [-0.2, -0.15) is 13.5 Å². The van der Waals surface area contributed by atoms with Crippen LogP contribution in [0.15, 0.2) is 0 Å². The van der Waals surface area contributed by atoms with Crippen LogP contribution < -0.4 is 0 Å². The molecule has 0 rings (SSSR count). The Labute approximate surface area is 88.5 Å². The zero-order chi connectivity index (χ0) is 0. The molecule has 0 aromatic rings. The van der Waals surface area contributed by atoms with Gasteiger partial charge in [-0.25, -0.2) is 0 Å². The monoisotopic (exact) mass is 170 g/mol. The van der Waals surface area contributed by atoms with Crippen molar-refractivity contribution in [2.75, 3.05) is 0 Å². The fraction of sp³-hybridized carbons (Fsp3) is 0. The quantitative estimate of drug-likeness (QED) is 0.348. The van der Waals surface area contributed by atoms with E-state index >= 15 is 0 Å². The fourth-order valence-corrected chi connectivity index (χ4v) is 0. The van der Waals surface area contributed by atoms with Crippen molar-refractivity contribution in [1.29, 1.82) is 0 Å². The second-order valence-corrected chi connectivity index (χ2v) is 0. The molecule has 0 unspecified atom stereocenters. The summed E-state index contributed by atoms with van der Waals surface area (Å²) < 4.78 is 0. The maximum absolute atomic E-state index is 0. The number of rotatable bonds is 0. The fourth-order valence-electron chi connectivity index (χ4n) is 0. The Morgan fingerprint density at radius 1 is 1.20 bits per heavy atom. The van der Waals surface area contributed by atoms with E-state index < -0.39 is 0 Å². The molecule has 0 aromatic carbocycles. The third-order valence-corrected chi connectivity index (χ3v) is 0. The van der Waals surface area contributed by atoms with Gasteiger partial charge >= 0.3 is 23.1 Å². The first-order valence-corrected chi connectivity index (χ1v) is 0. The van der Waals surface area contributed by atoms with Crippen molar-refractivity contribution < 1.29 is 24.6 Å². The molecule has 0 spiro atoms. The minimum atomic E-state index is 0. The molecular weight excluding hydrogens is 159 g/mol. The molecule has 0 aliphatic heterocycles. The normalized spacial score (nSPS) is 0. The smallest absolute Gasteiger partial charge is 1.00 e. The van der Waals surface area contributed by atoms with Crippen molar-refractivity contribution >= 4 is 64.9 Å². The molecule has 0 fully saturated rings. The van der Waals surface area contributed by atoms with Crippen LogP contribution in [-0.4, -0.2) is 51.4 Å². The molecule has 0 atom stereocenters. The van der Waals surface area contributed by atoms with Gasteiger partial charge in [-0.15, -0.1) is 0 Å². The SMILES string of the molecule is S.[AlH3].[H-].[H-].[Mg+2].[SiH4].[Ti]. The van der Waals surface area contributed by atoms with Crippen molar-refractivity contribution in [3.05, 3.63) is 0 Å². The average Bonchev–Trinajstić information content (AvgIpc) is 0. The van der Waals surface area contributed by atoms with Gasteiger partial charge in [0.05, 0.1) is 0 Å². The van der Waals surface area contributed by atoms with Gasteiger partial charge in [0.2, 0.25) is 0 Å². The molecule has 0 aliphatic rings. The topological polar surface area (TPSA) is 0 Å². The zero-order valence-corrected chi connectivity index (χ0v) is 5.68. The second-order valence-electron chi connectivity index (χ2n) is 0. The third kappa shape index (κ3) is 20.7. The van der Waals surface area contributed by atoms with Gasteiger partial charge in [0.25, 0.3) is 0 Å². The van der Waals surface area contributed by atoms with E-state index in [0.29, 0.717) is 0 Å². The molecule has 30 valence electrons. The summed E-state index contributed by atoms with van der Waals surface area (Å²) >= 11 is 0. The van der Waals surface area contributed by atoms with Gasteiger partial charge in [0.1, 0.15) is 0 Å². The van der Waals surface area contributed by atoms with Gasteiger partial charge in [0.15, 0.2) is 17.4 Å². The van der Waals surface area contributed by atoms with Crippen LogP contribution in [0, 0.1) is 0 Å². The molecular formula is H11AlMgSSiTi. The minimum absolute atomic E-state index is 0. The summed E-state index contributed by atoms with van der Waals surface area (Å²) in [5, 5.41) is 0. The number of hydrogen-bond donors (Lipinski definition) is 0. The summed E-state index contributed by atoms with van der Waals surface area (Å²) in [5.74, 6) is 0. The first-order valence-electron chi connectivity index (χ1n) is 0. The van der Waals surface area contributed by atoms with Crippen LogP contribution >= 0.6 is 13.5 Å². The van der Waals surface area contributed by atoms with Crippen molar-refractivity contribution in [2.24, 2.45) is 0 Å². The van der Waals surface area contributed by atoms with E-state index in [1.165, 1.54) is 0 Å². The van der Waals surface area contributed by atoms with Crippen LogP contribution in [0.5, 0.6) is 0 Å². The van der Waals surface area contributed by atoms with Crippen LogP contribution in [0.3, 0.4) is 0 Å². The van der Waals surface area contributed by atoms with E-state index in [2.05, 4.69) is 0 Å². The van der Waals surface area contributed by atoms with Gasteiger partial charge in [0, 0.05) is 21.7 Å². The third-order valence-electron chi connectivity index (χ3n) is 0. The Morgan fingerprint density at radius 3 is 1.20 bits per heavy atom. The first-order chi connectivity index (χ1) is 0. The zero-order valence-electron chi connectivity index (χ0n) is 3.71. The maximum atomic E-state index is 0. The molecule has 0 heterocycles. The summed E-state index contributed by atoms with van der Waals surface area (Å²) in [7, 11) is 0. The van der Waals surface area contributed by atoms with E-state index in [1.54, 1.807) is 0 Å². The Kier molecular flexibility index (Phi) is 304. The van der Waals surface area contributed by atoms with E-state index in [1.807, 2.05) is 0 Å². The molecule has 0 radical (unpaired) electrons. The van der Waals surface area contributed by atoms with Crippen molar-refractivity contribution in [3.8, 4) is 0 Å². The molecule has 0 saturated carbocycles. The summed E-state index contributed by atoms with van der Waals surface area (Å²) in [6.45, 7) is 0. The Bertz CT molecular complexity index is 17.7. The summed E-state index contributed by atoms with van der Waals surface area (Å²) in [6.07, 6.45) is 0. The molecule has 5 heavy (non-hydrogen) atoms. The van der Waals surface area contributed by atoms with Gasteiger partial charge in [-0.3, -0.25) is 0 Å². The van der Waals surface area contributed by atoms with E-state index in [4.69, 9.17) is 0 Å². The minimum Gasteiger partial charge on any atom is -1.00 e. The van der Waals surface area contributed by atoms with Crippen molar-refractivity contribution in [3.63, 3.8) is 0 Å². The van der Waals surface area contributed by atoms with Crippen molar-refractivity contribution in [2.45, 2.75) is 0 Å². The number of hydrogen-bond acceptors (Lipinski definition) is 0. The molecule has 0 saturated heterocycles. The van der Waals surface area contributed by atoms with Gasteiger partial charge < -0.3 is 2.85 Å². The van der Waals surface area contributed by atoms with Gasteiger partial charge in [-0.1, -0.05) is 0 Å². The molecule has 5 heteroatoms. The molecule has 0 aromatic heterocycles. The van der Waals surface area contributed by atoms with Crippen LogP contribution in [0.2, 0.25) is 0 Å². The van der Waals surface area contributed by atoms with E-state index in [0.717, 1.165) is 0 Å². The predicted molar refractivity (Wildman–Crippen MR) is 39.6 cm³/mol. The Morgan fingerprint density at radius 2 is 1.20 bits per heavy atom. The second kappa shape index (κ2) is 30.8. The maximum Gasteiger partial charge on any atom is 2.00 e. The van der Waals surface area contributed by atoms with E-state index in [9.17, 15) is 0 Å². The average molecular weight is 170 g/mol. The van der Waals surface area contributed by atoms with E-state index in [-0.39, 0.29) is 89.4 Å². The van der Waals surface area contributed by atoms with Crippen LogP contribution in [0.4, 0.5) is 0 Å². The molecule has 0 aliphatic carbocycles. The summed E-state index contributed by atoms with van der Waals surface area (Å²) in [5.41, 5.74) is 0. The molecule has 0 N–H and O–H groups in total. The largest absolute Gasteiger partial charge is 2.00 e. The summed E-state index contributed by atoms with van der Waals surface area (Å²) in [6, 6.07) is 0. The van der Waals surface area contributed by atoms with Crippen LogP contribution in [0.1, 0.15) is 2.85 Å². The standard InChI is InChI=1S/Al.Mg.H2S.H4Si.Ti.5H/h;;1H2;1H4;;;;;;/q;+2;;;;;;;2*-1. The van der Waals surface area contributed by atoms with Crippen LogP contribution in [0.25, 0.3) is 0 Å². The molecule has 0 nitrogen and oxygen atoms in total.